The van der Waals surface area contributed by atoms with E-state index in [0.717, 1.165) is 13.1 Å². The zero-order valence-corrected chi connectivity index (χ0v) is 13.7. The molecule has 0 radical (unpaired) electrons. The van der Waals surface area contributed by atoms with Crippen LogP contribution in [-0.2, 0) is 6.54 Å². The predicted molar refractivity (Wildman–Crippen MR) is 86.9 cm³/mol. The third-order valence-electron chi connectivity index (χ3n) is 3.93. The molecule has 0 aliphatic carbocycles. The molecule has 1 heterocycles. The van der Waals surface area contributed by atoms with Crippen LogP contribution in [0.4, 0.5) is 0 Å². The van der Waals surface area contributed by atoms with Crippen LogP contribution in [0.3, 0.4) is 0 Å². The Labute approximate surface area is 125 Å². The molecule has 0 bridgehead atoms. The Morgan fingerprint density at radius 3 is 2.35 bits per heavy atom. The fourth-order valence-corrected chi connectivity index (χ4v) is 2.67. The zero-order chi connectivity index (χ0) is 14.6. The Morgan fingerprint density at radius 1 is 1.05 bits per heavy atom. The lowest BCUT2D eigenvalue weighted by Crippen LogP contribution is -2.20. The summed E-state index contributed by atoms with van der Waals surface area (Å²) >= 11 is 0. The van der Waals surface area contributed by atoms with E-state index in [4.69, 9.17) is 0 Å². The van der Waals surface area contributed by atoms with Gasteiger partial charge in [-0.3, -0.25) is 4.68 Å². The maximum atomic E-state index is 4.39. The molecular formula is C17H33N3. The molecule has 116 valence electrons. The minimum Gasteiger partial charge on any atom is -0.310 e. The number of hydrogen-bond donors (Lipinski definition) is 1. The SMILES string of the molecule is CCCCCCCCCC(NCC)c1cnn(CC)c1. The summed E-state index contributed by atoms with van der Waals surface area (Å²) in [5.74, 6) is 0. The Morgan fingerprint density at radius 2 is 1.75 bits per heavy atom. The molecule has 0 aliphatic rings. The first-order chi connectivity index (χ1) is 9.81. The minimum absolute atomic E-state index is 0.482. The molecule has 0 fully saturated rings. The number of nitrogens with zero attached hydrogens (tertiary/aromatic N) is 2. The van der Waals surface area contributed by atoms with Crippen molar-refractivity contribution in [1.82, 2.24) is 15.1 Å². The standard InChI is InChI=1S/C17H33N3/c1-4-7-8-9-10-11-12-13-17(18-5-2)16-14-19-20(6-3)15-16/h14-15,17-18H,4-13H2,1-3H3. The summed E-state index contributed by atoms with van der Waals surface area (Å²) in [6.45, 7) is 8.57. The average molecular weight is 279 g/mol. The Balaban J connectivity index is 2.25. The molecule has 3 heteroatoms. The molecule has 0 spiro atoms. The molecule has 3 nitrogen and oxygen atoms in total. The molecule has 1 atom stereocenters. The Hall–Kier alpha value is -0.830. The first kappa shape index (κ1) is 17.2. The van der Waals surface area contributed by atoms with Crippen molar-refractivity contribution in [2.75, 3.05) is 6.54 Å². The maximum Gasteiger partial charge on any atom is 0.0537 e. The van der Waals surface area contributed by atoms with Crippen molar-refractivity contribution in [2.45, 2.75) is 84.7 Å². The van der Waals surface area contributed by atoms with E-state index in [9.17, 15) is 0 Å². The average Bonchev–Trinajstić information content (AvgIpc) is 2.94. The first-order valence-corrected chi connectivity index (χ1v) is 8.57. The number of unbranched alkanes of at least 4 members (excludes halogenated alkanes) is 6. The normalized spacial score (nSPS) is 12.8. The van der Waals surface area contributed by atoms with Gasteiger partial charge in [-0.15, -0.1) is 0 Å². The number of aromatic nitrogens is 2. The van der Waals surface area contributed by atoms with Crippen LogP contribution in [0.1, 0.15) is 83.7 Å². The van der Waals surface area contributed by atoms with E-state index < -0.39 is 0 Å². The van der Waals surface area contributed by atoms with E-state index in [-0.39, 0.29) is 0 Å². The van der Waals surface area contributed by atoms with Gasteiger partial charge in [0.15, 0.2) is 0 Å². The quantitative estimate of drug-likeness (QED) is 0.562. The summed E-state index contributed by atoms with van der Waals surface area (Å²) in [5, 5.41) is 7.99. The van der Waals surface area contributed by atoms with Gasteiger partial charge in [-0.2, -0.15) is 5.10 Å². The number of hydrogen-bond acceptors (Lipinski definition) is 2. The van der Waals surface area contributed by atoms with Crippen molar-refractivity contribution in [3.63, 3.8) is 0 Å². The van der Waals surface area contributed by atoms with Gasteiger partial charge in [0.1, 0.15) is 0 Å². The highest BCUT2D eigenvalue weighted by Crippen LogP contribution is 2.20. The van der Waals surface area contributed by atoms with Crippen molar-refractivity contribution in [3.05, 3.63) is 18.0 Å². The fraction of sp³-hybridized carbons (Fsp3) is 0.824. The topological polar surface area (TPSA) is 29.9 Å². The van der Waals surface area contributed by atoms with Gasteiger partial charge in [-0.05, 0) is 19.9 Å². The highest BCUT2D eigenvalue weighted by Gasteiger charge is 2.11. The third-order valence-corrected chi connectivity index (χ3v) is 3.93. The lowest BCUT2D eigenvalue weighted by Gasteiger charge is -2.16. The Kier molecular flexibility index (Phi) is 9.38. The molecule has 1 N–H and O–H groups in total. The number of aryl methyl sites for hydroxylation is 1. The van der Waals surface area contributed by atoms with Crippen LogP contribution in [0.25, 0.3) is 0 Å². The molecule has 20 heavy (non-hydrogen) atoms. The molecule has 0 saturated carbocycles. The molecule has 0 saturated heterocycles. The molecule has 0 amide bonds. The van der Waals surface area contributed by atoms with Gasteiger partial charge in [0.05, 0.1) is 6.20 Å². The zero-order valence-electron chi connectivity index (χ0n) is 13.7. The monoisotopic (exact) mass is 279 g/mol. The largest absolute Gasteiger partial charge is 0.310 e. The van der Waals surface area contributed by atoms with Crippen molar-refractivity contribution in [1.29, 1.82) is 0 Å². The number of nitrogens with one attached hydrogen (secondary N) is 1. The van der Waals surface area contributed by atoms with Gasteiger partial charge >= 0.3 is 0 Å². The van der Waals surface area contributed by atoms with E-state index in [2.05, 4.69) is 37.4 Å². The second-order valence-corrected chi connectivity index (χ2v) is 5.65. The fourth-order valence-electron chi connectivity index (χ4n) is 2.67. The summed E-state index contributed by atoms with van der Waals surface area (Å²) in [6, 6.07) is 0.482. The van der Waals surface area contributed by atoms with Crippen LogP contribution < -0.4 is 5.32 Å². The minimum atomic E-state index is 0.482. The van der Waals surface area contributed by atoms with Gasteiger partial charge in [0.2, 0.25) is 0 Å². The van der Waals surface area contributed by atoms with E-state index in [1.165, 1.54) is 56.9 Å². The van der Waals surface area contributed by atoms with Crippen LogP contribution in [-0.4, -0.2) is 16.3 Å². The summed E-state index contributed by atoms with van der Waals surface area (Å²) in [7, 11) is 0. The second kappa shape index (κ2) is 10.9. The van der Waals surface area contributed by atoms with E-state index in [1.54, 1.807) is 0 Å². The van der Waals surface area contributed by atoms with Crippen LogP contribution in [0, 0.1) is 0 Å². The molecule has 1 aromatic heterocycles. The van der Waals surface area contributed by atoms with Crippen molar-refractivity contribution < 1.29 is 0 Å². The van der Waals surface area contributed by atoms with Crippen molar-refractivity contribution in [2.24, 2.45) is 0 Å². The van der Waals surface area contributed by atoms with Crippen molar-refractivity contribution in [3.8, 4) is 0 Å². The maximum absolute atomic E-state index is 4.39. The Bertz CT molecular complexity index is 333. The summed E-state index contributed by atoms with van der Waals surface area (Å²) in [4.78, 5) is 0. The van der Waals surface area contributed by atoms with Gasteiger partial charge in [0, 0.05) is 24.3 Å². The number of rotatable bonds is 12. The van der Waals surface area contributed by atoms with Gasteiger partial charge in [-0.25, -0.2) is 0 Å². The van der Waals surface area contributed by atoms with Crippen LogP contribution in [0.15, 0.2) is 12.4 Å². The molecule has 0 aliphatic heterocycles. The van der Waals surface area contributed by atoms with Gasteiger partial charge in [-0.1, -0.05) is 58.8 Å². The van der Waals surface area contributed by atoms with Crippen LogP contribution in [0.5, 0.6) is 0 Å². The van der Waals surface area contributed by atoms with Gasteiger partial charge in [0.25, 0.3) is 0 Å². The molecule has 1 aromatic rings. The predicted octanol–water partition coefficient (Wildman–Crippen LogP) is 4.69. The lowest BCUT2D eigenvalue weighted by molar-refractivity contribution is 0.475. The highest BCUT2D eigenvalue weighted by molar-refractivity contribution is 5.10. The smallest absolute Gasteiger partial charge is 0.0537 e. The molecular weight excluding hydrogens is 246 g/mol. The van der Waals surface area contributed by atoms with Crippen LogP contribution in [0.2, 0.25) is 0 Å². The van der Waals surface area contributed by atoms with Crippen LogP contribution >= 0.6 is 0 Å². The third kappa shape index (κ3) is 6.56. The summed E-state index contributed by atoms with van der Waals surface area (Å²) in [6.07, 6.45) is 15.1. The summed E-state index contributed by atoms with van der Waals surface area (Å²) < 4.78 is 2.02. The highest BCUT2D eigenvalue weighted by atomic mass is 15.3. The van der Waals surface area contributed by atoms with E-state index in [1.807, 2.05) is 10.9 Å². The van der Waals surface area contributed by atoms with Gasteiger partial charge < -0.3 is 5.32 Å². The molecule has 1 unspecified atom stereocenters. The molecule has 1 rings (SSSR count). The molecule has 0 aromatic carbocycles. The second-order valence-electron chi connectivity index (χ2n) is 5.65. The lowest BCUT2D eigenvalue weighted by atomic mass is 10.0. The van der Waals surface area contributed by atoms with Crippen molar-refractivity contribution >= 4 is 0 Å². The first-order valence-electron chi connectivity index (χ1n) is 8.57. The summed E-state index contributed by atoms with van der Waals surface area (Å²) in [5.41, 5.74) is 1.35. The van der Waals surface area contributed by atoms with E-state index >= 15 is 0 Å². The van der Waals surface area contributed by atoms with E-state index in [0.29, 0.717) is 6.04 Å².